The molecule has 2 heteroatoms. The van der Waals surface area contributed by atoms with Gasteiger partial charge in [-0.15, -0.1) is 0 Å². The number of rotatable bonds is 1. The number of aryl methyl sites for hydroxylation is 1. The maximum absolute atomic E-state index is 5.09. The second kappa shape index (κ2) is 4.84. The van der Waals surface area contributed by atoms with Crippen LogP contribution in [0.15, 0.2) is 18.2 Å². The van der Waals surface area contributed by atoms with Gasteiger partial charge in [0, 0.05) is 5.56 Å². The van der Waals surface area contributed by atoms with E-state index < -0.39 is 0 Å². The van der Waals surface area contributed by atoms with Crippen molar-refractivity contribution in [2.75, 3.05) is 12.9 Å². The van der Waals surface area contributed by atoms with Crippen molar-refractivity contribution in [1.29, 1.82) is 0 Å². The lowest BCUT2D eigenvalue weighted by molar-refractivity contribution is 0.414. The zero-order chi connectivity index (χ0) is 9.68. The van der Waals surface area contributed by atoms with Gasteiger partial charge in [-0.05, 0) is 30.7 Å². The number of benzene rings is 1. The first-order valence-corrected chi connectivity index (χ1v) is 4.65. The lowest BCUT2D eigenvalue weighted by atomic mass is 10.1. The van der Waals surface area contributed by atoms with E-state index in [4.69, 9.17) is 4.74 Å². The molecule has 0 atom stereocenters. The van der Waals surface area contributed by atoms with Crippen molar-refractivity contribution >= 4 is 12.6 Å². The largest absolute Gasteiger partial charge is 0.497 e. The Kier molecular flexibility index (Phi) is 3.72. The van der Waals surface area contributed by atoms with Crippen molar-refractivity contribution < 1.29 is 4.74 Å². The predicted octanol–water partition coefficient (Wildman–Crippen LogP) is 2.28. The normalized spacial score (nSPS) is 8.85. The van der Waals surface area contributed by atoms with E-state index in [1.54, 1.807) is 7.11 Å². The Hall–Kier alpha value is -1.07. The molecule has 1 aromatic rings. The molecule has 1 nitrogen and oxygen atoms in total. The van der Waals surface area contributed by atoms with Gasteiger partial charge in [0.05, 0.1) is 12.9 Å². The quantitative estimate of drug-likeness (QED) is 0.530. The molecule has 0 radical (unpaired) electrons. The molecule has 0 unspecified atom stereocenters. The second-order valence-corrected chi connectivity index (χ2v) is 2.96. The molecule has 0 saturated heterocycles. The number of ether oxygens (including phenoxy) is 1. The molecule has 13 heavy (non-hydrogen) atoms. The van der Waals surface area contributed by atoms with Crippen LogP contribution in [0.25, 0.3) is 0 Å². The van der Waals surface area contributed by atoms with Crippen LogP contribution in [-0.4, -0.2) is 12.9 Å². The maximum atomic E-state index is 5.09. The molecule has 0 aliphatic rings. The van der Waals surface area contributed by atoms with E-state index in [9.17, 15) is 0 Å². The topological polar surface area (TPSA) is 9.23 Å². The van der Waals surface area contributed by atoms with Crippen LogP contribution >= 0.6 is 12.6 Å². The summed E-state index contributed by atoms with van der Waals surface area (Å²) in [6.45, 7) is 2.02. The summed E-state index contributed by atoms with van der Waals surface area (Å²) in [5.41, 5.74) is 2.17. The van der Waals surface area contributed by atoms with Crippen LogP contribution in [0.1, 0.15) is 11.1 Å². The van der Waals surface area contributed by atoms with Crippen molar-refractivity contribution in [3.8, 4) is 17.6 Å². The Balaban J connectivity index is 2.98. The molecule has 0 aliphatic carbocycles. The molecule has 0 N–H and O–H groups in total. The van der Waals surface area contributed by atoms with Gasteiger partial charge in [0.15, 0.2) is 0 Å². The third-order valence-electron chi connectivity index (χ3n) is 1.74. The Bertz CT molecular complexity index is 347. The molecule has 0 aliphatic heterocycles. The molecule has 0 amide bonds. The van der Waals surface area contributed by atoms with E-state index in [1.807, 2.05) is 25.1 Å². The fourth-order valence-electron chi connectivity index (χ4n) is 1.04. The summed E-state index contributed by atoms with van der Waals surface area (Å²) in [6, 6.07) is 5.85. The number of methoxy groups -OCH3 is 1. The van der Waals surface area contributed by atoms with Crippen molar-refractivity contribution in [2.45, 2.75) is 6.92 Å². The molecular weight excluding hydrogens is 180 g/mol. The highest BCUT2D eigenvalue weighted by Gasteiger charge is 1.96. The summed E-state index contributed by atoms with van der Waals surface area (Å²) in [5, 5.41) is 0. The standard InChI is InChI=1S/C11H12OS/c1-9-8-11(12-2)6-5-10(9)4-3-7-13/h5-6,8,13H,7H2,1-2H3. The van der Waals surface area contributed by atoms with E-state index in [0.717, 1.165) is 16.9 Å². The van der Waals surface area contributed by atoms with Gasteiger partial charge in [-0.2, -0.15) is 12.6 Å². The summed E-state index contributed by atoms with van der Waals surface area (Å²) < 4.78 is 5.09. The van der Waals surface area contributed by atoms with Gasteiger partial charge < -0.3 is 4.74 Å². The third kappa shape index (κ3) is 2.71. The van der Waals surface area contributed by atoms with Crippen LogP contribution in [0.2, 0.25) is 0 Å². The highest BCUT2D eigenvalue weighted by Crippen LogP contribution is 2.15. The average molecular weight is 192 g/mol. The van der Waals surface area contributed by atoms with Gasteiger partial charge in [0.2, 0.25) is 0 Å². The smallest absolute Gasteiger partial charge is 0.119 e. The first-order chi connectivity index (χ1) is 6.27. The fraction of sp³-hybridized carbons (Fsp3) is 0.273. The SMILES string of the molecule is COc1ccc(C#CCS)c(C)c1. The highest BCUT2D eigenvalue weighted by atomic mass is 32.1. The van der Waals surface area contributed by atoms with Gasteiger partial charge in [-0.25, -0.2) is 0 Å². The molecule has 0 heterocycles. The monoisotopic (exact) mass is 192 g/mol. The van der Waals surface area contributed by atoms with Crippen LogP contribution < -0.4 is 4.74 Å². The van der Waals surface area contributed by atoms with E-state index in [0.29, 0.717) is 5.75 Å². The third-order valence-corrected chi connectivity index (χ3v) is 1.89. The van der Waals surface area contributed by atoms with E-state index >= 15 is 0 Å². The minimum absolute atomic E-state index is 0.589. The summed E-state index contributed by atoms with van der Waals surface area (Å²) in [5.74, 6) is 7.41. The first kappa shape index (κ1) is 10.0. The molecule has 0 aromatic heterocycles. The summed E-state index contributed by atoms with van der Waals surface area (Å²) in [7, 11) is 1.66. The highest BCUT2D eigenvalue weighted by molar-refractivity contribution is 7.80. The van der Waals surface area contributed by atoms with Crippen molar-refractivity contribution in [3.63, 3.8) is 0 Å². The molecule has 1 aromatic carbocycles. The number of thiol groups is 1. The van der Waals surface area contributed by atoms with Gasteiger partial charge in [-0.1, -0.05) is 11.8 Å². The molecule has 0 fully saturated rings. The van der Waals surface area contributed by atoms with E-state index in [2.05, 4.69) is 24.5 Å². The van der Waals surface area contributed by atoms with Crippen molar-refractivity contribution in [3.05, 3.63) is 29.3 Å². The Labute approximate surface area is 84.5 Å². The van der Waals surface area contributed by atoms with E-state index in [-0.39, 0.29) is 0 Å². The number of hydrogen-bond donors (Lipinski definition) is 1. The molecular formula is C11H12OS. The maximum Gasteiger partial charge on any atom is 0.119 e. The minimum atomic E-state index is 0.589. The van der Waals surface area contributed by atoms with E-state index in [1.165, 1.54) is 0 Å². The summed E-state index contributed by atoms with van der Waals surface area (Å²) in [6.07, 6.45) is 0. The van der Waals surface area contributed by atoms with Gasteiger partial charge in [-0.3, -0.25) is 0 Å². The van der Waals surface area contributed by atoms with Crippen LogP contribution in [0, 0.1) is 18.8 Å². The average Bonchev–Trinajstić information content (AvgIpc) is 2.16. The molecule has 0 spiro atoms. The van der Waals surface area contributed by atoms with Crippen LogP contribution in [0.5, 0.6) is 5.75 Å². The minimum Gasteiger partial charge on any atom is -0.497 e. The molecule has 68 valence electrons. The van der Waals surface area contributed by atoms with Gasteiger partial charge in [0.1, 0.15) is 5.75 Å². The van der Waals surface area contributed by atoms with Crippen molar-refractivity contribution in [2.24, 2.45) is 0 Å². The van der Waals surface area contributed by atoms with Crippen molar-refractivity contribution in [1.82, 2.24) is 0 Å². The van der Waals surface area contributed by atoms with Crippen LogP contribution in [0.3, 0.4) is 0 Å². The summed E-state index contributed by atoms with van der Waals surface area (Å²) >= 11 is 4.03. The van der Waals surface area contributed by atoms with Crippen LogP contribution in [0.4, 0.5) is 0 Å². The first-order valence-electron chi connectivity index (χ1n) is 4.02. The second-order valence-electron chi connectivity index (χ2n) is 2.64. The summed E-state index contributed by atoms with van der Waals surface area (Å²) in [4.78, 5) is 0. The zero-order valence-electron chi connectivity index (χ0n) is 7.79. The molecule has 0 bridgehead atoms. The molecule has 1 rings (SSSR count). The Morgan fingerprint density at radius 1 is 1.46 bits per heavy atom. The lowest BCUT2D eigenvalue weighted by Gasteiger charge is -2.02. The number of hydrogen-bond acceptors (Lipinski definition) is 2. The van der Waals surface area contributed by atoms with Gasteiger partial charge in [0.25, 0.3) is 0 Å². The van der Waals surface area contributed by atoms with Gasteiger partial charge >= 0.3 is 0 Å². The molecule has 0 saturated carbocycles. The Morgan fingerprint density at radius 2 is 2.23 bits per heavy atom. The lowest BCUT2D eigenvalue weighted by Crippen LogP contribution is -1.86. The van der Waals surface area contributed by atoms with Crippen LogP contribution in [-0.2, 0) is 0 Å². The zero-order valence-corrected chi connectivity index (χ0v) is 8.69. The predicted molar refractivity (Wildman–Crippen MR) is 58.5 cm³/mol. The fourth-order valence-corrected chi connectivity index (χ4v) is 1.12. The Morgan fingerprint density at radius 3 is 2.77 bits per heavy atom.